The van der Waals surface area contributed by atoms with Gasteiger partial charge in [0.2, 0.25) is 5.82 Å². The molecule has 6 aromatic rings. The van der Waals surface area contributed by atoms with Crippen molar-refractivity contribution in [3.63, 3.8) is 0 Å². The number of fused-ring (bicyclic) bond motifs is 2. The monoisotopic (exact) mass is 576 g/mol. The fraction of sp³-hybridized carbons (Fsp3) is 0.0938. The standard InChI is InChI=1S/C32H24N4O7/c1-40-26-8-5-9-27-24(26)17-30(43-27)31-34-25-7-4-3-6-23(25)32(37)35(31)33-18-21-12-15-28(29(16-21)41-2)42-19-20-10-13-22(14-11-20)36(38)39/h3-18H,19H2,1-2H3. The Morgan fingerprint density at radius 1 is 0.907 bits per heavy atom. The zero-order valence-electron chi connectivity index (χ0n) is 23.1. The van der Waals surface area contributed by atoms with Crippen molar-refractivity contribution >= 4 is 33.8 Å². The summed E-state index contributed by atoms with van der Waals surface area (Å²) in [6, 6.07) is 25.6. The van der Waals surface area contributed by atoms with Crippen molar-refractivity contribution in [2.24, 2.45) is 5.10 Å². The Kier molecular flexibility index (Phi) is 7.27. The van der Waals surface area contributed by atoms with Crippen LogP contribution in [0.15, 0.2) is 105 Å². The maximum atomic E-state index is 13.6. The Morgan fingerprint density at radius 3 is 2.47 bits per heavy atom. The lowest BCUT2D eigenvalue weighted by Crippen LogP contribution is -2.20. The molecule has 0 aliphatic rings. The molecule has 0 saturated carbocycles. The van der Waals surface area contributed by atoms with Crippen LogP contribution in [-0.2, 0) is 6.61 Å². The minimum Gasteiger partial charge on any atom is -0.496 e. The Bertz CT molecular complexity index is 2060. The van der Waals surface area contributed by atoms with E-state index in [2.05, 4.69) is 5.10 Å². The minimum atomic E-state index is -0.452. The third-order valence-electron chi connectivity index (χ3n) is 6.77. The van der Waals surface area contributed by atoms with E-state index in [1.807, 2.05) is 24.3 Å². The molecule has 11 nitrogen and oxygen atoms in total. The second-order valence-electron chi connectivity index (χ2n) is 9.42. The first kappa shape index (κ1) is 27.2. The van der Waals surface area contributed by atoms with Gasteiger partial charge in [-0.25, -0.2) is 4.98 Å². The van der Waals surface area contributed by atoms with Crippen LogP contribution in [0.4, 0.5) is 5.69 Å². The van der Waals surface area contributed by atoms with Crippen molar-refractivity contribution in [2.75, 3.05) is 14.2 Å². The van der Waals surface area contributed by atoms with Gasteiger partial charge in [-0.05, 0) is 71.8 Å². The zero-order chi connectivity index (χ0) is 29.9. The number of furan rings is 1. The molecule has 0 atom stereocenters. The first-order chi connectivity index (χ1) is 20.9. The van der Waals surface area contributed by atoms with E-state index in [9.17, 15) is 14.9 Å². The number of methoxy groups -OCH3 is 2. The van der Waals surface area contributed by atoms with Gasteiger partial charge in [0, 0.05) is 12.1 Å². The summed E-state index contributed by atoms with van der Waals surface area (Å²) in [4.78, 5) is 28.8. The lowest BCUT2D eigenvalue weighted by atomic mass is 10.2. The van der Waals surface area contributed by atoms with Gasteiger partial charge in [0.25, 0.3) is 11.2 Å². The summed E-state index contributed by atoms with van der Waals surface area (Å²) >= 11 is 0. The largest absolute Gasteiger partial charge is 0.496 e. The Labute approximate surface area is 244 Å². The lowest BCUT2D eigenvalue weighted by molar-refractivity contribution is -0.384. The summed E-state index contributed by atoms with van der Waals surface area (Å²) in [5.74, 6) is 2.13. The van der Waals surface area contributed by atoms with E-state index in [-0.39, 0.29) is 23.7 Å². The van der Waals surface area contributed by atoms with Crippen molar-refractivity contribution in [1.82, 2.24) is 9.66 Å². The van der Waals surface area contributed by atoms with Gasteiger partial charge in [-0.15, -0.1) is 0 Å². The maximum absolute atomic E-state index is 13.6. The number of ether oxygens (including phenoxy) is 3. The average molecular weight is 577 g/mol. The summed E-state index contributed by atoms with van der Waals surface area (Å²) in [7, 11) is 3.09. The number of para-hydroxylation sites is 1. The molecule has 0 spiro atoms. The molecule has 0 bridgehead atoms. The van der Waals surface area contributed by atoms with Gasteiger partial charge in [-0.2, -0.15) is 9.78 Å². The van der Waals surface area contributed by atoms with E-state index in [1.165, 1.54) is 30.1 Å². The number of rotatable bonds is 9. The van der Waals surface area contributed by atoms with Crippen molar-refractivity contribution in [3.8, 4) is 28.8 Å². The Morgan fingerprint density at radius 2 is 1.70 bits per heavy atom. The summed E-state index contributed by atoms with van der Waals surface area (Å²) in [5.41, 5.74) is 2.14. The molecule has 6 rings (SSSR count). The SMILES string of the molecule is COc1cc(C=Nn2c(-c3cc4c(OC)cccc4o3)nc3ccccc3c2=O)ccc1OCc1ccc([N+](=O)[O-])cc1. The lowest BCUT2D eigenvalue weighted by Gasteiger charge is -2.11. The van der Waals surface area contributed by atoms with Gasteiger partial charge >= 0.3 is 0 Å². The van der Waals surface area contributed by atoms with Gasteiger partial charge in [0.1, 0.15) is 17.9 Å². The molecule has 0 aliphatic heterocycles. The van der Waals surface area contributed by atoms with Crippen molar-refractivity contribution in [1.29, 1.82) is 0 Å². The maximum Gasteiger partial charge on any atom is 0.282 e. The van der Waals surface area contributed by atoms with Crippen LogP contribution in [-0.4, -0.2) is 35.0 Å². The van der Waals surface area contributed by atoms with E-state index in [0.717, 1.165) is 10.9 Å². The molecule has 0 saturated heterocycles. The van der Waals surface area contributed by atoms with Crippen LogP contribution < -0.4 is 19.8 Å². The van der Waals surface area contributed by atoms with Crippen LogP contribution in [0.5, 0.6) is 17.2 Å². The summed E-state index contributed by atoms with van der Waals surface area (Å²) in [6.45, 7) is 0.186. The average Bonchev–Trinajstić information content (AvgIpc) is 3.48. The van der Waals surface area contributed by atoms with Crippen molar-refractivity contribution in [2.45, 2.75) is 6.61 Å². The van der Waals surface area contributed by atoms with Gasteiger partial charge in [0.15, 0.2) is 17.3 Å². The topological polar surface area (TPSA) is 131 Å². The second kappa shape index (κ2) is 11.5. The highest BCUT2D eigenvalue weighted by molar-refractivity contribution is 5.88. The van der Waals surface area contributed by atoms with Crippen LogP contribution in [0.25, 0.3) is 33.5 Å². The van der Waals surface area contributed by atoms with E-state index < -0.39 is 4.92 Å². The second-order valence-corrected chi connectivity index (χ2v) is 9.42. The molecule has 0 amide bonds. The molecular formula is C32H24N4O7. The van der Waals surface area contributed by atoms with Crippen LogP contribution in [0.2, 0.25) is 0 Å². The number of hydrogen-bond acceptors (Lipinski definition) is 9. The predicted octanol–water partition coefficient (Wildman–Crippen LogP) is 6.20. The first-order valence-corrected chi connectivity index (χ1v) is 13.1. The number of nitro groups is 1. The fourth-order valence-electron chi connectivity index (χ4n) is 4.60. The molecule has 0 radical (unpaired) electrons. The quantitative estimate of drug-likeness (QED) is 0.113. The Balaban J connectivity index is 1.34. The molecule has 2 aromatic heterocycles. The molecular weight excluding hydrogens is 552 g/mol. The molecule has 2 heterocycles. The number of non-ortho nitro benzene ring substituents is 1. The summed E-state index contributed by atoms with van der Waals surface area (Å²) < 4.78 is 24.2. The highest BCUT2D eigenvalue weighted by Crippen LogP contribution is 2.33. The van der Waals surface area contributed by atoms with Crippen molar-refractivity contribution in [3.05, 3.63) is 123 Å². The Hall–Kier alpha value is -5.97. The zero-order valence-corrected chi connectivity index (χ0v) is 23.1. The van der Waals surface area contributed by atoms with Gasteiger partial charge < -0.3 is 18.6 Å². The third-order valence-corrected chi connectivity index (χ3v) is 6.77. The van der Waals surface area contributed by atoms with Crippen molar-refractivity contribution < 1.29 is 23.6 Å². The summed E-state index contributed by atoms with van der Waals surface area (Å²) in [5, 5.41) is 16.6. The number of benzene rings is 4. The van der Waals surface area contributed by atoms with E-state index >= 15 is 0 Å². The van der Waals surface area contributed by atoms with Gasteiger partial charge in [-0.1, -0.05) is 18.2 Å². The van der Waals surface area contributed by atoms with Crippen LogP contribution in [0.1, 0.15) is 11.1 Å². The normalized spacial score (nSPS) is 11.3. The number of aromatic nitrogens is 2. The van der Waals surface area contributed by atoms with E-state index in [1.54, 1.807) is 61.7 Å². The molecule has 4 aromatic carbocycles. The van der Waals surface area contributed by atoms with E-state index in [0.29, 0.717) is 45.1 Å². The summed E-state index contributed by atoms with van der Waals surface area (Å²) in [6.07, 6.45) is 1.52. The molecule has 214 valence electrons. The molecule has 11 heteroatoms. The van der Waals surface area contributed by atoms with Crippen LogP contribution in [0.3, 0.4) is 0 Å². The minimum absolute atomic E-state index is 0.00824. The predicted molar refractivity (Wildman–Crippen MR) is 161 cm³/mol. The molecule has 0 unspecified atom stereocenters. The van der Waals surface area contributed by atoms with Gasteiger partial charge in [0.05, 0.1) is 41.6 Å². The highest BCUT2D eigenvalue weighted by atomic mass is 16.6. The molecule has 0 N–H and O–H groups in total. The van der Waals surface area contributed by atoms with Gasteiger partial charge in [-0.3, -0.25) is 14.9 Å². The first-order valence-electron chi connectivity index (χ1n) is 13.1. The third kappa shape index (κ3) is 5.38. The molecule has 0 aliphatic carbocycles. The smallest absolute Gasteiger partial charge is 0.282 e. The molecule has 43 heavy (non-hydrogen) atoms. The molecule has 0 fully saturated rings. The van der Waals surface area contributed by atoms with Crippen LogP contribution in [0, 0.1) is 10.1 Å². The number of hydrogen-bond donors (Lipinski definition) is 0. The van der Waals surface area contributed by atoms with E-state index in [4.69, 9.17) is 23.6 Å². The number of nitrogens with zero attached hydrogens (tertiary/aromatic N) is 4. The number of nitro benzene ring substituents is 1. The fourth-order valence-corrected chi connectivity index (χ4v) is 4.60. The highest BCUT2D eigenvalue weighted by Gasteiger charge is 2.18. The van der Waals surface area contributed by atoms with Crippen LogP contribution >= 0.6 is 0 Å².